The number of aromatic nitrogens is 1. The summed E-state index contributed by atoms with van der Waals surface area (Å²) in [6, 6.07) is 10.9. The van der Waals surface area contributed by atoms with Gasteiger partial charge in [0.25, 0.3) is 0 Å². The summed E-state index contributed by atoms with van der Waals surface area (Å²) in [6.07, 6.45) is 0. The van der Waals surface area contributed by atoms with Crippen molar-refractivity contribution in [2.24, 2.45) is 0 Å². The van der Waals surface area contributed by atoms with E-state index in [2.05, 4.69) is 4.98 Å². The lowest BCUT2D eigenvalue weighted by atomic mass is 10.0. The number of carboxylic acids is 1. The number of hydrogen-bond acceptors (Lipinski definition) is 5. The van der Waals surface area contributed by atoms with Gasteiger partial charge in [-0.25, -0.2) is 14.6 Å². The first-order valence-electron chi connectivity index (χ1n) is 11.5. The molecule has 0 bridgehead atoms. The van der Waals surface area contributed by atoms with Crippen molar-refractivity contribution in [3.8, 4) is 17.2 Å². The van der Waals surface area contributed by atoms with E-state index in [1.54, 1.807) is 36.0 Å². The Morgan fingerprint density at radius 2 is 1.58 bits per heavy atom. The molecule has 2 amide bonds. The molecule has 2 aromatic carbocycles. The maximum Gasteiger partial charge on any atom is 0.347 e. The zero-order valence-corrected chi connectivity index (χ0v) is 22.4. The van der Waals surface area contributed by atoms with E-state index in [1.807, 2.05) is 45.0 Å². The molecular weight excluding hydrogens is 482 g/mol. The number of ether oxygens (including phenoxy) is 1. The third-order valence-electron chi connectivity index (χ3n) is 5.84. The van der Waals surface area contributed by atoms with Gasteiger partial charge in [0.1, 0.15) is 17.2 Å². The SMILES string of the molecule is Cc1cc(CN(C)C(=O)N(C)Cc2nc(-c3ccc(Cl)cc3)oc2C)cc(C)c1OC(C)(C)C(=O)O. The molecule has 3 rings (SSSR count). The average molecular weight is 514 g/mol. The zero-order valence-electron chi connectivity index (χ0n) is 21.7. The Labute approximate surface area is 216 Å². The molecular formula is C27H32ClN3O5. The minimum absolute atomic E-state index is 0.173. The number of rotatable bonds is 8. The van der Waals surface area contributed by atoms with Gasteiger partial charge in [0.15, 0.2) is 5.60 Å². The van der Waals surface area contributed by atoms with Crippen LogP contribution in [0.4, 0.5) is 4.79 Å². The van der Waals surface area contributed by atoms with Gasteiger partial charge in [0, 0.05) is 31.2 Å². The lowest BCUT2D eigenvalue weighted by Crippen LogP contribution is -2.38. The molecule has 0 saturated carbocycles. The van der Waals surface area contributed by atoms with Crippen molar-refractivity contribution in [2.45, 2.75) is 53.3 Å². The Bertz CT molecular complexity index is 1240. The van der Waals surface area contributed by atoms with Crippen LogP contribution in [-0.2, 0) is 17.9 Å². The number of hydrogen-bond donors (Lipinski definition) is 1. The van der Waals surface area contributed by atoms with Gasteiger partial charge in [-0.15, -0.1) is 0 Å². The van der Waals surface area contributed by atoms with E-state index in [-0.39, 0.29) is 6.03 Å². The average Bonchev–Trinajstić information content (AvgIpc) is 3.16. The fourth-order valence-electron chi connectivity index (χ4n) is 3.81. The van der Waals surface area contributed by atoms with Crippen LogP contribution >= 0.6 is 11.6 Å². The van der Waals surface area contributed by atoms with Crippen molar-refractivity contribution in [3.05, 3.63) is 69.6 Å². The number of aliphatic carboxylic acids is 1. The van der Waals surface area contributed by atoms with Crippen LogP contribution in [-0.4, -0.2) is 51.6 Å². The third-order valence-corrected chi connectivity index (χ3v) is 6.09. The Balaban J connectivity index is 1.68. The lowest BCUT2D eigenvalue weighted by molar-refractivity contribution is -0.152. The first-order valence-corrected chi connectivity index (χ1v) is 11.9. The van der Waals surface area contributed by atoms with Crippen molar-refractivity contribution in [3.63, 3.8) is 0 Å². The molecule has 0 fully saturated rings. The predicted octanol–water partition coefficient (Wildman–Crippen LogP) is 5.85. The molecule has 1 N–H and O–H groups in total. The number of carbonyl (C=O) groups is 2. The van der Waals surface area contributed by atoms with Gasteiger partial charge in [-0.3, -0.25) is 0 Å². The summed E-state index contributed by atoms with van der Waals surface area (Å²) in [6.45, 7) is 9.25. The molecule has 36 heavy (non-hydrogen) atoms. The number of oxazole rings is 1. The van der Waals surface area contributed by atoms with Crippen LogP contribution in [0, 0.1) is 20.8 Å². The smallest absolute Gasteiger partial charge is 0.347 e. The lowest BCUT2D eigenvalue weighted by Gasteiger charge is -2.26. The molecule has 0 atom stereocenters. The number of benzene rings is 2. The van der Waals surface area contributed by atoms with Gasteiger partial charge in [-0.1, -0.05) is 23.7 Å². The Morgan fingerprint density at radius 1 is 1.03 bits per heavy atom. The molecule has 192 valence electrons. The van der Waals surface area contributed by atoms with E-state index in [9.17, 15) is 14.7 Å². The number of carboxylic acid groups (broad SMARTS) is 1. The normalized spacial score (nSPS) is 11.3. The zero-order chi connectivity index (χ0) is 26.8. The second kappa shape index (κ2) is 10.6. The highest BCUT2D eigenvalue weighted by molar-refractivity contribution is 6.30. The molecule has 1 aromatic heterocycles. The van der Waals surface area contributed by atoms with Crippen LogP contribution in [0.15, 0.2) is 40.8 Å². The summed E-state index contributed by atoms with van der Waals surface area (Å²) >= 11 is 5.96. The highest BCUT2D eigenvalue weighted by Crippen LogP contribution is 2.29. The van der Waals surface area contributed by atoms with Gasteiger partial charge in [-0.2, -0.15) is 0 Å². The van der Waals surface area contributed by atoms with Gasteiger partial charge in [0.05, 0.1) is 6.54 Å². The monoisotopic (exact) mass is 513 g/mol. The summed E-state index contributed by atoms with van der Waals surface area (Å²) in [5.74, 6) is 0.623. The highest BCUT2D eigenvalue weighted by atomic mass is 35.5. The van der Waals surface area contributed by atoms with Crippen LogP contribution in [0.3, 0.4) is 0 Å². The van der Waals surface area contributed by atoms with Crippen LogP contribution in [0.5, 0.6) is 5.75 Å². The molecule has 0 aliphatic carbocycles. The van der Waals surface area contributed by atoms with Crippen LogP contribution < -0.4 is 4.74 Å². The molecule has 0 aliphatic heterocycles. The molecule has 0 aliphatic rings. The van der Waals surface area contributed by atoms with E-state index >= 15 is 0 Å². The van der Waals surface area contributed by atoms with Gasteiger partial charge in [-0.05, 0) is 75.6 Å². The fourth-order valence-corrected chi connectivity index (χ4v) is 3.93. The van der Waals surface area contributed by atoms with E-state index in [4.69, 9.17) is 20.8 Å². The van der Waals surface area contributed by atoms with Gasteiger partial charge in [0.2, 0.25) is 5.89 Å². The summed E-state index contributed by atoms with van der Waals surface area (Å²) in [5.41, 5.74) is 2.67. The van der Waals surface area contributed by atoms with Crippen molar-refractivity contribution < 1.29 is 23.8 Å². The number of nitrogens with zero attached hydrogens (tertiary/aromatic N) is 3. The van der Waals surface area contributed by atoms with E-state index in [1.165, 1.54) is 13.8 Å². The fraction of sp³-hybridized carbons (Fsp3) is 0.370. The predicted molar refractivity (Wildman–Crippen MR) is 138 cm³/mol. The van der Waals surface area contributed by atoms with E-state index in [0.29, 0.717) is 41.2 Å². The van der Waals surface area contributed by atoms with Gasteiger partial charge < -0.3 is 24.1 Å². The van der Waals surface area contributed by atoms with E-state index in [0.717, 1.165) is 22.3 Å². The Hall–Kier alpha value is -3.52. The summed E-state index contributed by atoms with van der Waals surface area (Å²) in [4.78, 5) is 32.3. The summed E-state index contributed by atoms with van der Waals surface area (Å²) in [5, 5.41) is 10.0. The molecule has 3 aromatic rings. The third kappa shape index (κ3) is 6.18. The second-order valence-electron chi connectivity index (χ2n) is 9.50. The first kappa shape index (κ1) is 27.1. The maximum atomic E-state index is 13.1. The summed E-state index contributed by atoms with van der Waals surface area (Å²) in [7, 11) is 3.45. The molecule has 8 nitrogen and oxygen atoms in total. The Kier molecular flexibility index (Phi) is 7.99. The van der Waals surface area contributed by atoms with Crippen LogP contribution in [0.1, 0.15) is 42.0 Å². The minimum Gasteiger partial charge on any atom is -0.478 e. The van der Waals surface area contributed by atoms with E-state index < -0.39 is 11.6 Å². The van der Waals surface area contributed by atoms with Crippen LogP contribution in [0.2, 0.25) is 5.02 Å². The van der Waals surface area contributed by atoms with Gasteiger partial charge >= 0.3 is 12.0 Å². The quantitative estimate of drug-likeness (QED) is 0.406. The number of halogens is 1. The van der Waals surface area contributed by atoms with Crippen molar-refractivity contribution in [1.29, 1.82) is 0 Å². The van der Waals surface area contributed by atoms with Crippen molar-refractivity contribution >= 4 is 23.6 Å². The summed E-state index contributed by atoms with van der Waals surface area (Å²) < 4.78 is 11.6. The Morgan fingerprint density at radius 3 is 2.14 bits per heavy atom. The molecule has 0 saturated heterocycles. The standard InChI is InChI=1S/C27H32ClN3O5/c1-16-12-19(13-17(2)23(16)36-27(4,5)25(32)33)14-30(6)26(34)31(7)15-22-18(3)35-24(29-22)20-8-10-21(28)11-9-20/h8-13H,14-15H2,1-7H3,(H,32,33). The highest BCUT2D eigenvalue weighted by Gasteiger charge is 2.30. The van der Waals surface area contributed by atoms with Crippen LogP contribution in [0.25, 0.3) is 11.5 Å². The first-order chi connectivity index (χ1) is 16.8. The molecule has 0 unspecified atom stereocenters. The van der Waals surface area contributed by atoms with Crippen molar-refractivity contribution in [1.82, 2.24) is 14.8 Å². The number of aryl methyl sites for hydroxylation is 3. The number of urea groups is 1. The van der Waals surface area contributed by atoms with Crippen molar-refractivity contribution in [2.75, 3.05) is 14.1 Å². The molecule has 0 spiro atoms. The number of carbonyl (C=O) groups excluding carboxylic acids is 1. The molecule has 0 radical (unpaired) electrons. The number of amides is 2. The topological polar surface area (TPSA) is 96.1 Å². The molecule has 1 heterocycles. The molecule has 9 heteroatoms. The minimum atomic E-state index is -1.35. The largest absolute Gasteiger partial charge is 0.478 e. The second-order valence-corrected chi connectivity index (χ2v) is 9.94. The maximum absolute atomic E-state index is 13.1.